The molecule has 0 radical (unpaired) electrons. The summed E-state index contributed by atoms with van der Waals surface area (Å²) in [5.74, 6) is 0. The average Bonchev–Trinajstić information content (AvgIpc) is 3.27. The molecule has 2 aliphatic rings. The van der Waals surface area contributed by atoms with E-state index in [0.717, 1.165) is 13.0 Å². The average molecular weight is 399 g/mol. The standard InChI is InChI=1S/C24H46O4/c1-2-3-4-5-6-7-8-9-10-11-12-13-14-15-16-17-18-26-22-20-28-23-21(25)19-27-24(22)23/h21-25H,2-20H2,1H3/t21-,22-,23+,24+/m0/s1. The number of rotatable bonds is 18. The van der Waals surface area contributed by atoms with E-state index in [1.54, 1.807) is 0 Å². The molecule has 0 amide bonds. The molecule has 28 heavy (non-hydrogen) atoms. The predicted molar refractivity (Wildman–Crippen MR) is 115 cm³/mol. The lowest BCUT2D eigenvalue weighted by Gasteiger charge is -2.16. The van der Waals surface area contributed by atoms with E-state index in [0.29, 0.717) is 13.2 Å². The summed E-state index contributed by atoms with van der Waals surface area (Å²) in [6.07, 6.45) is 21.5. The van der Waals surface area contributed by atoms with Crippen molar-refractivity contribution in [3.63, 3.8) is 0 Å². The SMILES string of the molecule is CCCCCCCCCCCCCCCCCCO[C@H]1CO[C@H]2[C@@H]1OC[C@@H]2O. The van der Waals surface area contributed by atoms with Crippen molar-refractivity contribution in [2.75, 3.05) is 19.8 Å². The Morgan fingerprint density at radius 2 is 1.11 bits per heavy atom. The van der Waals surface area contributed by atoms with Gasteiger partial charge in [0.25, 0.3) is 0 Å². The molecule has 0 aromatic heterocycles. The van der Waals surface area contributed by atoms with Crippen LogP contribution in [0.25, 0.3) is 0 Å². The summed E-state index contributed by atoms with van der Waals surface area (Å²) in [5, 5.41) is 9.73. The summed E-state index contributed by atoms with van der Waals surface area (Å²) in [6.45, 7) is 4.02. The molecule has 1 N–H and O–H groups in total. The van der Waals surface area contributed by atoms with E-state index in [-0.39, 0.29) is 18.3 Å². The van der Waals surface area contributed by atoms with Gasteiger partial charge in [-0.25, -0.2) is 0 Å². The maximum absolute atomic E-state index is 9.73. The van der Waals surface area contributed by atoms with E-state index in [4.69, 9.17) is 14.2 Å². The highest BCUT2D eigenvalue weighted by Crippen LogP contribution is 2.28. The highest BCUT2D eigenvalue weighted by molar-refractivity contribution is 4.94. The van der Waals surface area contributed by atoms with Crippen LogP contribution in [0.15, 0.2) is 0 Å². The molecule has 166 valence electrons. The van der Waals surface area contributed by atoms with Crippen molar-refractivity contribution in [1.29, 1.82) is 0 Å². The Kier molecular flexibility index (Phi) is 13.5. The van der Waals surface area contributed by atoms with Gasteiger partial charge in [0.2, 0.25) is 0 Å². The zero-order chi connectivity index (χ0) is 19.9. The van der Waals surface area contributed by atoms with E-state index in [1.807, 2.05) is 0 Å². The molecule has 2 aliphatic heterocycles. The van der Waals surface area contributed by atoms with Gasteiger partial charge < -0.3 is 19.3 Å². The van der Waals surface area contributed by atoms with E-state index < -0.39 is 6.10 Å². The second-order valence-electron chi connectivity index (χ2n) is 8.88. The van der Waals surface area contributed by atoms with Crippen molar-refractivity contribution in [2.45, 2.75) is 134 Å². The van der Waals surface area contributed by atoms with Gasteiger partial charge in [0, 0.05) is 6.61 Å². The fraction of sp³-hybridized carbons (Fsp3) is 1.00. The Morgan fingerprint density at radius 3 is 1.64 bits per heavy atom. The van der Waals surface area contributed by atoms with Gasteiger partial charge in [0.1, 0.15) is 24.4 Å². The van der Waals surface area contributed by atoms with Gasteiger partial charge in [-0.15, -0.1) is 0 Å². The molecule has 0 aromatic rings. The second kappa shape index (κ2) is 15.6. The third-order valence-corrected chi connectivity index (χ3v) is 6.31. The Morgan fingerprint density at radius 1 is 0.643 bits per heavy atom. The molecular weight excluding hydrogens is 352 g/mol. The van der Waals surface area contributed by atoms with Crippen LogP contribution in [0.2, 0.25) is 0 Å². The van der Waals surface area contributed by atoms with Crippen molar-refractivity contribution < 1.29 is 19.3 Å². The second-order valence-corrected chi connectivity index (χ2v) is 8.88. The molecule has 0 spiro atoms. The maximum atomic E-state index is 9.73. The molecule has 2 saturated heterocycles. The van der Waals surface area contributed by atoms with Crippen LogP contribution in [-0.2, 0) is 14.2 Å². The normalized spacial score (nSPS) is 26.8. The van der Waals surface area contributed by atoms with Crippen LogP contribution in [0.5, 0.6) is 0 Å². The Bertz CT molecular complexity index is 363. The van der Waals surface area contributed by atoms with Crippen LogP contribution in [0.1, 0.15) is 110 Å². The summed E-state index contributed by atoms with van der Waals surface area (Å²) in [7, 11) is 0. The number of hydrogen-bond donors (Lipinski definition) is 1. The van der Waals surface area contributed by atoms with Crippen LogP contribution in [0, 0.1) is 0 Å². The van der Waals surface area contributed by atoms with Gasteiger partial charge in [-0.3, -0.25) is 0 Å². The minimum absolute atomic E-state index is 0.0125. The first-order valence-electron chi connectivity index (χ1n) is 12.4. The number of aliphatic hydroxyl groups excluding tert-OH is 1. The number of aliphatic hydroxyl groups is 1. The summed E-state index contributed by atoms with van der Waals surface area (Å²) >= 11 is 0. The van der Waals surface area contributed by atoms with Gasteiger partial charge >= 0.3 is 0 Å². The lowest BCUT2D eigenvalue weighted by Crippen LogP contribution is -2.33. The van der Waals surface area contributed by atoms with E-state index in [9.17, 15) is 5.11 Å². The number of fused-ring (bicyclic) bond motifs is 1. The van der Waals surface area contributed by atoms with Gasteiger partial charge in [-0.2, -0.15) is 0 Å². The molecule has 4 nitrogen and oxygen atoms in total. The highest BCUT2D eigenvalue weighted by Gasteiger charge is 2.47. The highest BCUT2D eigenvalue weighted by atomic mass is 16.6. The first kappa shape index (κ1) is 24.1. The van der Waals surface area contributed by atoms with Gasteiger partial charge in [-0.1, -0.05) is 103 Å². The topological polar surface area (TPSA) is 47.9 Å². The fourth-order valence-corrected chi connectivity index (χ4v) is 4.47. The minimum atomic E-state index is -0.478. The molecule has 0 aliphatic carbocycles. The molecule has 0 unspecified atom stereocenters. The van der Waals surface area contributed by atoms with Crippen molar-refractivity contribution in [1.82, 2.24) is 0 Å². The number of ether oxygens (including phenoxy) is 3. The van der Waals surface area contributed by atoms with Gasteiger partial charge in [-0.05, 0) is 6.42 Å². The monoisotopic (exact) mass is 398 g/mol. The van der Waals surface area contributed by atoms with Crippen LogP contribution in [-0.4, -0.2) is 49.3 Å². The van der Waals surface area contributed by atoms with E-state index in [2.05, 4.69) is 6.92 Å². The van der Waals surface area contributed by atoms with E-state index in [1.165, 1.54) is 96.3 Å². The molecule has 0 bridgehead atoms. The molecular formula is C24H46O4. The molecule has 2 fully saturated rings. The molecule has 2 heterocycles. The minimum Gasteiger partial charge on any atom is -0.388 e. The third kappa shape index (κ3) is 9.56. The number of unbranched alkanes of at least 4 members (excludes halogenated alkanes) is 15. The number of hydrogen-bond acceptors (Lipinski definition) is 4. The Labute approximate surface area is 173 Å². The smallest absolute Gasteiger partial charge is 0.115 e. The van der Waals surface area contributed by atoms with Gasteiger partial charge in [0.05, 0.1) is 13.2 Å². The van der Waals surface area contributed by atoms with Crippen molar-refractivity contribution >= 4 is 0 Å². The molecule has 4 atom stereocenters. The Hall–Kier alpha value is -0.160. The van der Waals surface area contributed by atoms with Crippen LogP contribution < -0.4 is 0 Å². The van der Waals surface area contributed by atoms with Crippen molar-refractivity contribution in [3.8, 4) is 0 Å². The van der Waals surface area contributed by atoms with E-state index >= 15 is 0 Å². The van der Waals surface area contributed by atoms with Crippen molar-refractivity contribution in [2.24, 2.45) is 0 Å². The van der Waals surface area contributed by atoms with Crippen LogP contribution in [0.3, 0.4) is 0 Å². The quantitative estimate of drug-likeness (QED) is 0.297. The molecule has 0 saturated carbocycles. The third-order valence-electron chi connectivity index (χ3n) is 6.31. The molecule has 0 aromatic carbocycles. The zero-order valence-electron chi connectivity index (χ0n) is 18.4. The van der Waals surface area contributed by atoms with Crippen molar-refractivity contribution in [3.05, 3.63) is 0 Å². The van der Waals surface area contributed by atoms with Crippen LogP contribution >= 0.6 is 0 Å². The maximum Gasteiger partial charge on any atom is 0.115 e. The lowest BCUT2D eigenvalue weighted by atomic mass is 10.0. The first-order valence-corrected chi connectivity index (χ1v) is 12.4. The fourth-order valence-electron chi connectivity index (χ4n) is 4.47. The predicted octanol–water partition coefficient (Wildman–Crippen LogP) is 5.79. The summed E-state index contributed by atoms with van der Waals surface area (Å²) < 4.78 is 17.1. The zero-order valence-corrected chi connectivity index (χ0v) is 18.4. The first-order chi connectivity index (χ1) is 13.8. The van der Waals surface area contributed by atoms with Crippen LogP contribution in [0.4, 0.5) is 0 Å². The van der Waals surface area contributed by atoms with Gasteiger partial charge in [0.15, 0.2) is 0 Å². The molecule has 2 rings (SSSR count). The summed E-state index contributed by atoms with van der Waals surface area (Å²) in [6, 6.07) is 0. The largest absolute Gasteiger partial charge is 0.388 e. The molecule has 4 heteroatoms. The summed E-state index contributed by atoms with van der Waals surface area (Å²) in [5.41, 5.74) is 0. The lowest BCUT2D eigenvalue weighted by molar-refractivity contribution is -0.0378. The Balaban J connectivity index is 1.26. The summed E-state index contributed by atoms with van der Waals surface area (Å²) in [4.78, 5) is 0.